The fourth-order valence-corrected chi connectivity index (χ4v) is 3.62. The molecule has 1 saturated heterocycles. The van der Waals surface area contributed by atoms with Crippen LogP contribution in [0.25, 0.3) is 22.2 Å². The predicted octanol–water partition coefficient (Wildman–Crippen LogP) is 4.26. The zero-order valence-corrected chi connectivity index (χ0v) is 15.8. The highest BCUT2D eigenvalue weighted by Gasteiger charge is 2.24. The maximum Gasteiger partial charge on any atom is 0.254 e. The monoisotopic (exact) mass is 410 g/mol. The highest BCUT2D eigenvalue weighted by molar-refractivity contribution is 9.10. The van der Waals surface area contributed by atoms with Crippen LogP contribution in [-0.4, -0.2) is 40.1 Å². The molecule has 1 amide bonds. The molecular formula is C21H19BrN2O2. The lowest BCUT2D eigenvalue weighted by Crippen LogP contribution is -2.40. The first-order chi connectivity index (χ1) is 12.6. The smallest absolute Gasteiger partial charge is 0.254 e. The van der Waals surface area contributed by atoms with Gasteiger partial charge in [0.15, 0.2) is 0 Å². The van der Waals surface area contributed by atoms with Crippen molar-refractivity contribution in [1.82, 2.24) is 9.88 Å². The summed E-state index contributed by atoms with van der Waals surface area (Å²) in [5.74, 6) is 0.00821. The highest BCUT2D eigenvalue weighted by atomic mass is 79.9. The number of hydrogen-bond acceptors (Lipinski definition) is 3. The van der Waals surface area contributed by atoms with Crippen LogP contribution in [0.5, 0.6) is 0 Å². The molecule has 26 heavy (non-hydrogen) atoms. The molecule has 0 radical (unpaired) electrons. The van der Waals surface area contributed by atoms with E-state index in [1.807, 2.05) is 59.5 Å². The third kappa shape index (κ3) is 3.37. The van der Waals surface area contributed by atoms with Gasteiger partial charge in [-0.15, -0.1) is 0 Å². The molecule has 4 rings (SSSR count). The van der Waals surface area contributed by atoms with Crippen LogP contribution in [0.15, 0.2) is 59.1 Å². The minimum absolute atomic E-state index is 0.00821. The highest BCUT2D eigenvalue weighted by Crippen LogP contribution is 2.27. The van der Waals surface area contributed by atoms with Gasteiger partial charge in [0.25, 0.3) is 5.91 Å². The average Bonchev–Trinajstić information content (AvgIpc) is 2.68. The van der Waals surface area contributed by atoms with Gasteiger partial charge in [0, 0.05) is 28.5 Å². The first kappa shape index (κ1) is 17.2. The summed E-state index contributed by atoms with van der Waals surface area (Å²) < 4.78 is 1.00. The van der Waals surface area contributed by atoms with Crippen molar-refractivity contribution in [3.05, 3.63) is 64.6 Å². The molecule has 0 saturated carbocycles. The number of rotatable bonds is 2. The average molecular weight is 411 g/mol. The van der Waals surface area contributed by atoms with Crippen molar-refractivity contribution in [2.45, 2.75) is 18.9 Å². The van der Waals surface area contributed by atoms with E-state index >= 15 is 0 Å². The number of pyridine rings is 1. The van der Waals surface area contributed by atoms with Gasteiger partial charge in [0.1, 0.15) is 0 Å². The number of carbonyl (C=O) groups excluding carboxylic acids is 1. The number of para-hydroxylation sites is 1. The lowest BCUT2D eigenvalue weighted by Gasteiger charge is -2.30. The number of amides is 1. The number of benzene rings is 2. The summed E-state index contributed by atoms with van der Waals surface area (Å²) in [4.78, 5) is 19.7. The summed E-state index contributed by atoms with van der Waals surface area (Å²) in [5, 5.41) is 10.6. The Morgan fingerprint density at radius 3 is 2.50 bits per heavy atom. The number of likely N-dealkylation sites (tertiary alicyclic amines) is 1. The van der Waals surface area contributed by atoms with Crippen LogP contribution in [0, 0.1) is 0 Å². The summed E-state index contributed by atoms with van der Waals surface area (Å²) in [6.07, 6.45) is 0.967. The normalized spacial score (nSPS) is 15.4. The molecule has 4 nitrogen and oxygen atoms in total. The number of fused-ring (bicyclic) bond motifs is 1. The van der Waals surface area contributed by atoms with Gasteiger partial charge in [-0.3, -0.25) is 4.79 Å². The summed E-state index contributed by atoms with van der Waals surface area (Å²) in [6.45, 7) is 1.18. The van der Waals surface area contributed by atoms with Gasteiger partial charge in [-0.25, -0.2) is 4.98 Å². The Labute approximate surface area is 160 Å². The van der Waals surface area contributed by atoms with E-state index in [-0.39, 0.29) is 12.0 Å². The Hall–Kier alpha value is -2.24. The third-order valence-corrected chi connectivity index (χ3v) is 5.37. The molecule has 1 aliphatic rings. The van der Waals surface area contributed by atoms with Crippen LogP contribution in [0.2, 0.25) is 0 Å². The van der Waals surface area contributed by atoms with Crippen LogP contribution in [0.1, 0.15) is 23.2 Å². The van der Waals surface area contributed by atoms with Crippen molar-refractivity contribution in [2.24, 2.45) is 0 Å². The molecule has 0 atom stereocenters. The van der Waals surface area contributed by atoms with E-state index < -0.39 is 0 Å². The lowest BCUT2D eigenvalue weighted by molar-refractivity contribution is 0.0548. The van der Waals surface area contributed by atoms with E-state index in [4.69, 9.17) is 4.98 Å². The van der Waals surface area contributed by atoms with Crippen LogP contribution >= 0.6 is 15.9 Å². The zero-order chi connectivity index (χ0) is 18.1. The van der Waals surface area contributed by atoms with E-state index in [0.717, 1.165) is 26.6 Å². The largest absolute Gasteiger partial charge is 0.393 e. The van der Waals surface area contributed by atoms with Crippen LogP contribution in [-0.2, 0) is 0 Å². The van der Waals surface area contributed by atoms with Gasteiger partial charge in [-0.2, -0.15) is 0 Å². The van der Waals surface area contributed by atoms with Gasteiger partial charge in [-0.05, 0) is 37.1 Å². The quantitative estimate of drug-likeness (QED) is 0.686. The Morgan fingerprint density at radius 1 is 1.08 bits per heavy atom. The van der Waals surface area contributed by atoms with Crippen LogP contribution in [0.4, 0.5) is 0 Å². The maximum absolute atomic E-state index is 13.2. The molecule has 1 aromatic heterocycles. The second-order valence-corrected chi connectivity index (χ2v) is 7.52. The predicted molar refractivity (Wildman–Crippen MR) is 106 cm³/mol. The Morgan fingerprint density at radius 2 is 1.77 bits per heavy atom. The first-order valence-corrected chi connectivity index (χ1v) is 9.54. The molecule has 132 valence electrons. The fourth-order valence-electron chi connectivity index (χ4n) is 3.36. The molecule has 2 aromatic carbocycles. The molecule has 0 spiro atoms. The molecule has 0 aliphatic carbocycles. The first-order valence-electron chi connectivity index (χ1n) is 8.75. The van der Waals surface area contributed by atoms with Gasteiger partial charge in [0.05, 0.1) is 22.9 Å². The van der Waals surface area contributed by atoms with Gasteiger partial charge < -0.3 is 10.0 Å². The zero-order valence-electron chi connectivity index (χ0n) is 14.2. The number of nitrogens with zero attached hydrogens (tertiary/aromatic N) is 2. The van der Waals surface area contributed by atoms with E-state index in [1.54, 1.807) is 0 Å². The molecule has 1 N–H and O–H groups in total. The van der Waals surface area contributed by atoms with Gasteiger partial charge >= 0.3 is 0 Å². The fraction of sp³-hybridized carbons (Fsp3) is 0.238. The Balaban J connectivity index is 1.79. The number of aromatic nitrogens is 1. The van der Waals surface area contributed by atoms with E-state index in [0.29, 0.717) is 31.5 Å². The summed E-state index contributed by atoms with van der Waals surface area (Å²) >= 11 is 3.45. The lowest BCUT2D eigenvalue weighted by atomic mass is 10.0. The minimum Gasteiger partial charge on any atom is -0.393 e. The van der Waals surface area contributed by atoms with Crippen molar-refractivity contribution < 1.29 is 9.90 Å². The summed E-state index contributed by atoms with van der Waals surface area (Å²) in [6, 6.07) is 17.6. The van der Waals surface area contributed by atoms with E-state index in [1.165, 1.54) is 0 Å². The van der Waals surface area contributed by atoms with E-state index in [2.05, 4.69) is 15.9 Å². The molecule has 1 fully saturated rings. The van der Waals surface area contributed by atoms with Crippen molar-refractivity contribution >= 4 is 32.7 Å². The molecule has 5 heteroatoms. The second-order valence-electron chi connectivity index (χ2n) is 6.60. The topological polar surface area (TPSA) is 53.4 Å². The van der Waals surface area contributed by atoms with Crippen molar-refractivity contribution in [1.29, 1.82) is 0 Å². The molecule has 3 aromatic rings. The number of hydrogen-bond donors (Lipinski definition) is 1. The third-order valence-electron chi connectivity index (χ3n) is 4.84. The van der Waals surface area contributed by atoms with Gasteiger partial charge in [0.2, 0.25) is 0 Å². The van der Waals surface area contributed by atoms with Crippen LogP contribution < -0.4 is 0 Å². The molecule has 2 heterocycles. The van der Waals surface area contributed by atoms with Crippen LogP contribution in [0.3, 0.4) is 0 Å². The second kappa shape index (κ2) is 7.17. The molecule has 0 unspecified atom stereocenters. The number of aliphatic hydroxyl groups is 1. The number of halogens is 1. The maximum atomic E-state index is 13.2. The Bertz CT molecular complexity index is 948. The Kier molecular flexibility index (Phi) is 4.74. The number of carbonyl (C=O) groups is 1. The van der Waals surface area contributed by atoms with Gasteiger partial charge in [-0.1, -0.05) is 46.3 Å². The standard InChI is InChI=1S/C21H19BrN2O2/c22-15-7-5-14(6-8-15)20-13-18(17-3-1-2-4-19(17)23-20)21(26)24-11-9-16(25)10-12-24/h1-8,13,16,25H,9-12H2. The number of aliphatic hydroxyl groups excluding tert-OH is 1. The summed E-state index contributed by atoms with van der Waals surface area (Å²) in [7, 11) is 0. The van der Waals surface area contributed by atoms with Crippen molar-refractivity contribution in [2.75, 3.05) is 13.1 Å². The minimum atomic E-state index is -0.299. The molecular weight excluding hydrogens is 392 g/mol. The summed E-state index contributed by atoms with van der Waals surface area (Å²) in [5.41, 5.74) is 3.25. The van der Waals surface area contributed by atoms with Crippen molar-refractivity contribution in [3.8, 4) is 11.3 Å². The van der Waals surface area contributed by atoms with Crippen molar-refractivity contribution in [3.63, 3.8) is 0 Å². The molecule has 0 bridgehead atoms. The molecule has 1 aliphatic heterocycles. The van der Waals surface area contributed by atoms with E-state index in [9.17, 15) is 9.90 Å². The SMILES string of the molecule is O=C(c1cc(-c2ccc(Br)cc2)nc2ccccc12)N1CCC(O)CC1. The number of piperidine rings is 1.